The molecular weight excluding hydrogens is 352 g/mol. The minimum absolute atomic E-state index is 0.904. The van der Waals surface area contributed by atoms with Crippen molar-refractivity contribution >= 4 is 27.4 Å². The molecule has 140 valence electrons. The zero-order valence-corrected chi connectivity index (χ0v) is 16.5. The van der Waals surface area contributed by atoms with E-state index in [-0.39, 0.29) is 0 Å². The van der Waals surface area contributed by atoms with Crippen LogP contribution in [-0.2, 0) is 25.7 Å². The molecule has 0 bridgehead atoms. The Morgan fingerprint density at radius 1 is 0.963 bits per heavy atom. The number of benzene rings is 1. The molecule has 5 rings (SSSR count). The lowest BCUT2D eigenvalue weighted by atomic mass is 9.97. The van der Waals surface area contributed by atoms with Gasteiger partial charge in [-0.15, -0.1) is 11.3 Å². The fourth-order valence-electron chi connectivity index (χ4n) is 4.30. The van der Waals surface area contributed by atoms with E-state index in [2.05, 4.69) is 40.5 Å². The summed E-state index contributed by atoms with van der Waals surface area (Å²) in [6.45, 7) is 4.15. The van der Waals surface area contributed by atoms with E-state index in [0.29, 0.717) is 0 Å². The van der Waals surface area contributed by atoms with Crippen molar-refractivity contribution in [3.63, 3.8) is 0 Å². The molecule has 1 aromatic carbocycles. The van der Waals surface area contributed by atoms with Crippen molar-refractivity contribution in [2.45, 2.75) is 38.5 Å². The van der Waals surface area contributed by atoms with E-state index >= 15 is 0 Å². The number of hydrogen-bond acceptors (Lipinski definition) is 5. The highest BCUT2D eigenvalue weighted by Crippen LogP contribution is 2.39. The average Bonchev–Trinajstić information content (AvgIpc) is 3.11. The minimum atomic E-state index is 0.904. The summed E-state index contributed by atoms with van der Waals surface area (Å²) >= 11 is 1.92. The number of rotatable bonds is 4. The lowest BCUT2D eigenvalue weighted by Crippen LogP contribution is -2.44. The summed E-state index contributed by atoms with van der Waals surface area (Å²) in [5.41, 5.74) is 2.90. The molecule has 1 fully saturated rings. The number of nitrogens with one attached hydrogen (secondary N) is 1. The predicted octanol–water partition coefficient (Wildman–Crippen LogP) is 3.76. The SMILES string of the molecule is c1ccc(CCc2nc(N3CCNCC3)c3c4c(sc3n2)CCCC4)cc1. The molecule has 0 radical (unpaired) electrons. The monoisotopic (exact) mass is 378 g/mol. The van der Waals surface area contributed by atoms with E-state index in [4.69, 9.17) is 9.97 Å². The highest BCUT2D eigenvalue weighted by molar-refractivity contribution is 7.19. The smallest absolute Gasteiger partial charge is 0.141 e. The van der Waals surface area contributed by atoms with Crippen LogP contribution in [0.25, 0.3) is 10.2 Å². The summed E-state index contributed by atoms with van der Waals surface area (Å²) in [5, 5.41) is 4.83. The maximum absolute atomic E-state index is 5.11. The average molecular weight is 379 g/mol. The van der Waals surface area contributed by atoms with Gasteiger partial charge in [-0.25, -0.2) is 9.97 Å². The lowest BCUT2D eigenvalue weighted by Gasteiger charge is -2.29. The largest absolute Gasteiger partial charge is 0.353 e. The number of thiophene rings is 1. The van der Waals surface area contributed by atoms with Gasteiger partial charge in [0.25, 0.3) is 0 Å². The molecule has 2 aliphatic rings. The Kier molecular flexibility index (Phi) is 4.80. The Balaban J connectivity index is 1.54. The van der Waals surface area contributed by atoms with Gasteiger partial charge in [-0.05, 0) is 43.2 Å². The molecule has 4 nitrogen and oxygen atoms in total. The molecule has 0 amide bonds. The maximum Gasteiger partial charge on any atom is 0.141 e. The fourth-order valence-corrected chi connectivity index (χ4v) is 5.57. The topological polar surface area (TPSA) is 41.1 Å². The van der Waals surface area contributed by atoms with E-state index in [0.717, 1.165) is 44.8 Å². The number of hydrogen-bond donors (Lipinski definition) is 1. The van der Waals surface area contributed by atoms with Crippen LogP contribution in [0.2, 0.25) is 0 Å². The van der Waals surface area contributed by atoms with Crippen molar-refractivity contribution in [3.8, 4) is 0 Å². The summed E-state index contributed by atoms with van der Waals surface area (Å²) in [4.78, 5) is 15.4. The number of piperazine rings is 1. The minimum Gasteiger partial charge on any atom is -0.353 e. The maximum atomic E-state index is 5.11. The first-order valence-corrected chi connectivity index (χ1v) is 11.0. The molecule has 27 heavy (non-hydrogen) atoms. The van der Waals surface area contributed by atoms with Crippen LogP contribution in [0.5, 0.6) is 0 Å². The summed E-state index contributed by atoms with van der Waals surface area (Å²) < 4.78 is 0. The van der Waals surface area contributed by atoms with E-state index in [1.54, 1.807) is 10.4 Å². The molecule has 0 atom stereocenters. The summed E-state index contributed by atoms with van der Waals surface area (Å²) in [6.07, 6.45) is 6.94. The van der Waals surface area contributed by atoms with Crippen LogP contribution >= 0.6 is 11.3 Å². The summed E-state index contributed by atoms with van der Waals surface area (Å²) in [7, 11) is 0. The second-order valence-electron chi connectivity index (χ2n) is 7.58. The van der Waals surface area contributed by atoms with Crippen LogP contribution in [-0.4, -0.2) is 36.1 Å². The first-order chi connectivity index (χ1) is 13.4. The number of nitrogens with zero attached hydrogens (tertiary/aromatic N) is 3. The van der Waals surface area contributed by atoms with E-state index in [1.165, 1.54) is 47.3 Å². The van der Waals surface area contributed by atoms with Crippen molar-refractivity contribution in [2.24, 2.45) is 0 Å². The van der Waals surface area contributed by atoms with Gasteiger partial charge in [-0.2, -0.15) is 0 Å². The Morgan fingerprint density at radius 2 is 1.78 bits per heavy atom. The van der Waals surface area contributed by atoms with Gasteiger partial charge < -0.3 is 10.2 Å². The zero-order valence-electron chi connectivity index (χ0n) is 15.7. The molecule has 2 aromatic heterocycles. The Bertz CT molecular complexity index is 928. The fraction of sp³-hybridized carbons (Fsp3) is 0.455. The number of anilines is 1. The second kappa shape index (κ2) is 7.56. The Labute approximate surface area is 164 Å². The standard InChI is InChI=1S/C22H26N4S/c1-2-6-16(7-3-1)10-11-19-24-21(26-14-12-23-13-15-26)20-17-8-4-5-9-18(17)27-22(20)25-19/h1-3,6-7,23H,4-5,8-15H2. The molecule has 1 aliphatic carbocycles. The van der Waals surface area contributed by atoms with Gasteiger partial charge in [0.15, 0.2) is 0 Å². The Morgan fingerprint density at radius 3 is 2.63 bits per heavy atom. The molecule has 5 heteroatoms. The van der Waals surface area contributed by atoms with Crippen molar-refractivity contribution in [1.29, 1.82) is 0 Å². The van der Waals surface area contributed by atoms with Crippen LogP contribution in [0.3, 0.4) is 0 Å². The highest BCUT2D eigenvalue weighted by Gasteiger charge is 2.24. The molecule has 1 saturated heterocycles. The lowest BCUT2D eigenvalue weighted by molar-refractivity contribution is 0.585. The second-order valence-corrected chi connectivity index (χ2v) is 8.66. The van der Waals surface area contributed by atoms with Gasteiger partial charge in [0.05, 0.1) is 5.39 Å². The zero-order chi connectivity index (χ0) is 18.1. The first kappa shape index (κ1) is 17.1. The first-order valence-electron chi connectivity index (χ1n) is 10.2. The molecule has 3 aromatic rings. The van der Waals surface area contributed by atoms with Crippen molar-refractivity contribution in [1.82, 2.24) is 15.3 Å². The number of fused-ring (bicyclic) bond motifs is 3. The third kappa shape index (κ3) is 3.46. The molecule has 3 heterocycles. The Hall–Kier alpha value is -1.98. The van der Waals surface area contributed by atoms with Crippen LogP contribution in [0.4, 0.5) is 5.82 Å². The van der Waals surface area contributed by atoms with Crippen LogP contribution in [0.1, 0.15) is 34.7 Å². The molecule has 1 N–H and O–H groups in total. The van der Waals surface area contributed by atoms with Crippen LogP contribution < -0.4 is 10.2 Å². The van der Waals surface area contributed by atoms with Gasteiger partial charge in [0.1, 0.15) is 16.5 Å². The van der Waals surface area contributed by atoms with Gasteiger partial charge in [-0.1, -0.05) is 30.3 Å². The molecular formula is C22H26N4S. The van der Waals surface area contributed by atoms with E-state index in [9.17, 15) is 0 Å². The van der Waals surface area contributed by atoms with Gasteiger partial charge in [0.2, 0.25) is 0 Å². The molecule has 0 spiro atoms. The third-order valence-electron chi connectivity index (χ3n) is 5.74. The van der Waals surface area contributed by atoms with E-state index < -0.39 is 0 Å². The van der Waals surface area contributed by atoms with Crippen molar-refractivity contribution < 1.29 is 0 Å². The molecule has 0 saturated carbocycles. The summed E-state index contributed by atoms with van der Waals surface area (Å²) in [6, 6.07) is 10.7. The van der Waals surface area contributed by atoms with Gasteiger partial charge in [-0.3, -0.25) is 0 Å². The van der Waals surface area contributed by atoms with Gasteiger partial charge in [0, 0.05) is 37.5 Å². The normalized spacial score (nSPS) is 17.3. The van der Waals surface area contributed by atoms with Gasteiger partial charge >= 0.3 is 0 Å². The number of aryl methyl sites for hydroxylation is 4. The molecule has 0 unspecified atom stereocenters. The van der Waals surface area contributed by atoms with Crippen LogP contribution in [0, 0.1) is 0 Å². The predicted molar refractivity (Wildman–Crippen MR) is 113 cm³/mol. The van der Waals surface area contributed by atoms with Crippen molar-refractivity contribution in [2.75, 3.05) is 31.1 Å². The summed E-state index contributed by atoms with van der Waals surface area (Å²) in [5.74, 6) is 2.20. The highest BCUT2D eigenvalue weighted by atomic mass is 32.1. The number of aromatic nitrogens is 2. The third-order valence-corrected chi connectivity index (χ3v) is 6.92. The van der Waals surface area contributed by atoms with E-state index in [1.807, 2.05) is 11.3 Å². The van der Waals surface area contributed by atoms with Crippen LogP contribution in [0.15, 0.2) is 30.3 Å². The quantitative estimate of drug-likeness (QED) is 0.750. The van der Waals surface area contributed by atoms with Crippen molar-refractivity contribution in [3.05, 3.63) is 52.2 Å². The molecule has 1 aliphatic heterocycles.